The third-order valence-corrected chi connectivity index (χ3v) is 8.59. The molecule has 2 fully saturated rings. The van der Waals surface area contributed by atoms with Crippen molar-refractivity contribution in [2.75, 3.05) is 31.1 Å². The molecule has 2 aromatic carbocycles. The number of nitrogens with zero attached hydrogens (tertiary/aromatic N) is 3. The minimum Gasteiger partial charge on any atom is -0.367 e. The van der Waals surface area contributed by atoms with Crippen LogP contribution in [0.3, 0.4) is 0 Å². The molecule has 3 heterocycles. The number of imide groups is 1. The largest absolute Gasteiger partial charge is 0.367 e. The van der Waals surface area contributed by atoms with Gasteiger partial charge in [-0.3, -0.25) is 19.7 Å². The molecule has 5 rings (SSSR count). The van der Waals surface area contributed by atoms with Gasteiger partial charge in [-0.25, -0.2) is 21.6 Å². The van der Waals surface area contributed by atoms with Gasteiger partial charge in [0.1, 0.15) is 11.9 Å². The summed E-state index contributed by atoms with van der Waals surface area (Å²) in [6.07, 6.45) is 0.294. The molecule has 2 aromatic rings. The SMILES string of the molecule is O=C1CCC(N2Cc3cc(N4CCN(S(=O)(=O)c5ccc(F)c(F)c5)CC4)c(F)cc3C2=O)C(=O)N1. The smallest absolute Gasteiger partial charge is 0.255 e. The van der Waals surface area contributed by atoms with Gasteiger partial charge in [0.15, 0.2) is 11.6 Å². The van der Waals surface area contributed by atoms with E-state index in [4.69, 9.17) is 0 Å². The third kappa shape index (κ3) is 4.11. The average Bonchev–Trinajstić information content (AvgIpc) is 3.15. The van der Waals surface area contributed by atoms with Crippen molar-refractivity contribution >= 4 is 33.4 Å². The van der Waals surface area contributed by atoms with E-state index in [0.29, 0.717) is 11.6 Å². The van der Waals surface area contributed by atoms with Crippen molar-refractivity contribution in [3.63, 3.8) is 0 Å². The van der Waals surface area contributed by atoms with Gasteiger partial charge in [-0.15, -0.1) is 0 Å². The second-order valence-electron chi connectivity index (χ2n) is 8.83. The van der Waals surface area contributed by atoms with Gasteiger partial charge in [0.05, 0.1) is 10.6 Å². The molecule has 190 valence electrons. The molecule has 3 aliphatic heterocycles. The molecule has 0 spiro atoms. The van der Waals surface area contributed by atoms with Crippen molar-refractivity contribution in [3.05, 3.63) is 58.9 Å². The van der Waals surface area contributed by atoms with Crippen molar-refractivity contribution in [1.82, 2.24) is 14.5 Å². The zero-order valence-electron chi connectivity index (χ0n) is 18.8. The maximum absolute atomic E-state index is 15.0. The lowest BCUT2D eigenvalue weighted by molar-refractivity contribution is -0.136. The van der Waals surface area contributed by atoms with Crippen LogP contribution < -0.4 is 10.2 Å². The molecular weight excluding hydrogens is 501 g/mol. The van der Waals surface area contributed by atoms with Crippen molar-refractivity contribution in [2.24, 2.45) is 0 Å². The molecule has 36 heavy (non-hydrogen) atoms. The number of hydrogen-bond donors (Lipinski definition) is 1. The second-order valence-corrected chi connectivity index (χ2v) is 10.8. The number of hydrogen-bond acceptors (Lipinski definition) is 6. The standard InChI is InChI=1S/C23H21F3N4O5S/c24-16-2-1-14(10-17(16)25)36(34,35)29-7-5-28(6-8-29)20-9-13-12-30(23(33)15(13)11-18(20)26)19-3-4-21(31)27-22(19)32/h1-2,9-11,19H,3-8,12H2,(H,27,31,32). The number of benzene rings is 2. The first-order valence-electron chi connectivity index (χ1n) is 11.2. The number of sulfonamides is 1. The zero-order valence-corrected chi connectivity index (χ0v) is 19.7. The predicted octanol–water partition coefficient (Wildman–Crippen LogP) is 1.38. The van der Waals surface area contributed by atoms with Crippen LogP contribution in [-0.4, -0.2) is 67.6 Å². The van der Waals surface area contributed by atoms with E-state index in [9.17, 15) is 31.6 Å². The predicted molar refractivity (Wildman–Crippen MR) is 120 cm³/mol. The number of fused-ring (bicyclic) bond motifs is 1. The highest BCUT2D eigenvalue weighted by atomic mass is 32.2. The lowest BCUT2D eigenvalue weighted by Gasteiger charge is -2.35. The summed E-state index contributed by atoms with van der Waals surface area (Å²) in [7, 11) is -4.07. The van der Waals surface area contributed by atoms with E-state index in [-0.39, 0.29) is 61.7 Å². The molecule has 0 aromatic heterocycles. The lowest BCUT2D eigenvalue weighted by atomic mass is 10.0. The number of piperazine rings is 1. The number of rotatable bonds is 4. The summed E-state index contributed by atoms with van der Waals surface area (Å²) < 4.78 is 68.6. The highest BCUT2D eigenvalue weighted by Crippen LogP contribution is 2.33. The topological polar surface area (TPSA) is 107 Å². The zero-order chi connectivity index (χ0) is 25.8. The maximum atomic E-state index is 15.0. The Morgan fingerprint density at radius 3 is 2.28 bits per heavy atom. The highest BCUT2D eigenvalue weighted by Gasteiger charge is 2.40. The van der Waals surface area contributed by atoms with Crippen LogP contribution >= 0.6 is 0 Å². The first-order chi connectivity index (χ1) is 17.1. The minimum atomic E-state index is -4.07. The van der Waals surface area contributed by atoms with Crippen LogP contribution in [0.15, 0.2) is 35.2 Å². The van der Waals surface area contributed by atoms with Crippen LogP contribution in [0.1, 0.15) is 28.8 Å². The monoisotopic (exact) mass is 522 g/mol. The summed E-state index contributed by atoms with van der Waals surface area (Å²) in [5, 5.41) is 2.21. The summed E-state index contributed by atoms with van der Waals surface area (Å²) in [5.74, 6) is -4.54. The molecule has 1 unspecified atom stereocenters. The number of carbonyl (C=O) groups is 3. The molecule has 9 nitrogen and oxygen atoms in total. The molecule has 2 saturated heterocycles. The molecule has 0 bridgehead atoms. The molecule has 0 saturated carbocycles. The van der Waals surface area contributed by atoms with Crippen LogP contribution in [0.4, 0.5) is 18.9 Å². The van der Waals surface area contributed by atoms with Crippen LogP contribution in [0.2, 0.25) is 0 Å². The molecule has 0 aliphatic carbocycles. The lowest BCUT2D eigenvalue weighted by Crippen LogP contribution is -2.52. The van der Waals surface area contributed by atoms with E-state index < -0.39 is 51.2 Å². The van der Waals surface area contributed by atoms with Crippen molar-refractivity contribution < 1.29 is 36.0 Å². The summed E-state index contributed by atoms with van der Waals surface area (Å²) >= 11 is 0. The number of anilines is 1. The highest BCUT2D eigenvalue weighted by molar-refractivity contribution is 7.89. The molecule has 0 radical (unpaired) electrons. The van der Waals surface area contributed by atoms with Gasteiger partial charge in [-0.2, -0.15) is 4.31 Å². The van der Waals surface area contributed by atoms with Gasteiger partial charge in [0.25, 0.3) is 5.91 Å². The number of piperidine rings is 1. The van der Waals surface area contributed by atoms with Crippen molar-refractivity contribution in [1.29, 1.82) is 0 Å². The van der Waals surface area contributed by atoms with Crippen LogP contribution in [0.5, 0.6) is 0 Å². The third-order valence-electron chi connectivity index (χ3n) is 6.70. The summed E-state index contributed by atoms with van der Waals surface area (Å²) in [5.41, 5.74) is 0.856. The van der Waals surface area contributed by atoms with Gasteiger partial charge < -0.3 is 9.80 Å². The Balaban J connectivity index is 1.31. The Hall–Kier alpha value is -3.45. The van der Waals surface area contributed by atoms with Gasteiger partial charge in [0, 0.05) is 44.7 Å². The fraction of sp³-hybridized carbons (Fsp3) is 0.348. The Morgan fingerprint density at radius 1 is 0.889 bits per heavy atom. The van der Waals surface area contributed by atoms with E-state index in [1.54, 1.807) is 4.90 Å². The summed E-state index contributed by atoms with van der Waals surface area (Å²) in [6.45, 7) is 0.309. The Morgan fingerprint density at radius 2 is 1.61 bits per heavy atom. The van der Waals surface area contributed by atoms with E-state index in [0.717, 1.165) is 22.5 Å². The minimum absolute atomic E-state index is 0.0147. The van der Waals surface area contributed by atoms with E-state index in [1.165, 1.54) is 11.0 Å². The average molecular weight is 523 g/mol. The molecule has 3 amide bonds. The van der Waals surface area contributed by atoms with Crippen molar-refractivity contribution in [3.8, 4) is 0 Å². The molecule has 1 atom stereocenters. The number of amides is 3. The first kappa shape index (κ1) is 24.3. The normalized spacial score (nSPS) is 21.1. The van der Waals surface area contributed by atoms with E-state index in [2.05, 4.69) is 5.32 Å². The fourth-order valence-corrected chi connectivity index (χ4v) is 6.21. The number of carbonyl (C=O) groups excluding carboxylic acids is 3. The van der Waals surface area contributed by atoms with Gasteiger partial charge >= 0.3 is 0 Å². The molecule has 13 heteroatoms. The Kier molecular flexibility index (Phi) is 5.99. The summed E-state index contributed by atoms with van der Waals surface area (Å²) in [4.78, 5) is 39.1. The van der Waals surface area contributed by atoms with Gasteiger partial charge in [0.2, 0.25) is 21.8 Å². The Bertz CT molecular complexity index is 1390. The first-order valence-corrected chi connectivity index (χ1v) is 12.7. The van der Waals surface area contributed by atoms with Crippen LogP contribution in [0.25, 0.3) is 0 Å². The number of nitrogens with one attached hydrogen (secondary N) is 1. The van der Waals surface area contributed by atoms with Crippen LogP contribution in [0, 0.1) is 17.5 Å². The molecule has 1 N–H and O–H groups in total. The van der Waals surface area contributed by atoms with Crippen molar-refractivity contribution in [2.45, 2.75) is 30.3 Å². The maximum Gasteiger partial charge on any atom is 0.255 e. The van der Waals surface area contributed by atoms with E-state index in [1.807, 2.05) is 0 Å². The number of halogens is 3. The summed E-state index contributed by atoms with van der Waals surface area (Å²) in [6, 6.07) is 4.18. The van der Waals surface area contributed by atoms with Gasteiger partial charge in [-0.05, 0) is 42.3 Å². The molecule has 3 aliphatic rings. The second kappa shape index (κ2) is 8.89. The molecular formula is C23H21F3N4O5S. The van der Waals surface area contributed by atoms with Gasteiger partial charge in [-0.1, -0.05) is 0 Å². The van der Waals surface area contributed by atoms with E-state index >= 15 is 4.39 Å². The fourth-order valence-electron chi connectivity index (χ4n) is 4.77. The van der Waals surface area contributed by atoms with Crippen LogP contribution in [-0.2, 0) is 26.2 Å². The quantitative estimate of drug-likeness (QED) is 0.608. The Labute approximate surface area is 204 Å².